The van der Waals surface area contributed by atoms with Crippen molar-refractivity contribution in [2.45, 2.75) is 45.3 Å². The SMILES string of the molecule is CCNC(=NCCCOCC1CCCO1)N1CCc2cc(OC)c(OC)cc2C1.I. The second-order valence-electron chi connectivity index (χ2n) is 7.45. The van der Waals surface area contributed by atoms with Gasteiger partial charge >= 0.3 is 0 Å². The summed E-state index contributed by atoms with van der Waals surface area (Å²) in [6, 6.07) is 4.18. The monoisotopic (exact) mass is 533 g/mol. The lowest BCUT2D eigenvalue weighted by Crippen LogP contribution is -2.44. The molecule has 3 rings (SSSR count). The van der Waals surface area contributed by atoms with Gasteiger partial charge in [0.25, 0.3) is 0 Å². The number of nitrogens with one attached hydrogen (secondary N) is 1. The molecule has 0 saturated carbocycles. The number of hydrogen-bond donors (Lipinski definition) is 1. The van der Waals surface area contributed by atoms with Crippen molar-refractivity contribution in [2.24, 2.45) is 4.99 Å². The van der Waals surface area contributed by atoms with Gasteiger partial charge in [-0.2, -0.15) is 0 Å². The van der Waals surface area contributed by atoms with E-state index >= 15 is 0 Å². The molecule has 0 radical (unpaired) electrons. The third-order valence-electron chi connectivity index (χ3n) is 5.39. The van der Waals surface area contributed by atoms with E-state index in [0.717, 1.165) is 82.5 Å². The third-order valence-corrected chi connectivity index (χ3v) is 5.39. The highest BCUT2D eigenvalue weighted by Gasteiger charge is 2.21. The van der Waals surface area contributed by atoms with Crippen LogP contribution in [0.3, 0.4) is 0 Å². The molecule has 1 fully saturated rings. The van der Waals surface area contributed by atoms with Gasteiger partial charge in [0.05, 0.1) is 26.9 Å². The fraction of sp³-hybridized carbons (Fsp3) is 0.682. The lowest BCUT2D eigenvalue weighted by molar-refractivity contribution is 0.0170. The van der Waals surface area contributed by atoms with Gasteiger partial charge in [-0.05, 0) is 55.9 Å². The van der Waals surface area contributed by atoms with Crippen molar-refractivity contribution in [1.29, 1.82) is 0 Å². The molecule has 1 atom stereocenters. The van der Waals surface area contributed by atoms with Crippen LogP contribution < -0.4 is 14.8 Å². The average molecular weight is 533 g/mol. The van der Waals surface area contributed by atoms with E-state index in [1.54, 1.807) is 14.2 Å². The van der Waals surface area contributed by atoms with Crippen LogP contribution in [0, 0.1) is 0 Å². The van der Waals surface area contributed by atoms with Gasteiger partial charge in [-0.1, -0.05) is 0 Å². The van der Waals surface area contributed by atoms with Crippen LogP contribution in [-0.4, -0.2) is 70.6 Å². The van der Waals surface area contributed by atoms with Crippen molar-refractivity contribution in [3.05, 3.63) is 23.3 Å². The van der Waals surface area contributed by atoms with Crippen LogP contribution in [0.5, 0.6) is 11.5 Å². The summed E-state index contributed by atoms with van der Waals surface area (Å²) in [6.45, 7) is 7.77. The number of halogens is 1. The zero-order valence-corrected chi connectivity index (χ0v) is 20.8. The van der Waals surface area contributed by atoms with E-state index in [0.29, 0.717) is 12.7 Å². The van der Waals surface area contributed by atoms with Gasteiger partial charge in [-0.25, -0.2) is 0 Å². The Morgan fingerprint density at radius 2 is 2.00 bits per heavy atom. The standard InChI is InChI=1S/C22H35N3O4.HI/c1-4-23-22(24-9-6-11-28-16-19-7-5-12-29-19)25-10-8-17-13-20(26-2)21(27-3)14-18(17)15-25;/h13-14,19H,4-12,15-16H2,1-3H3,(H,23,24);1H. The predicted octanol–water partition coefficient (Wildman–Crippen LogP) is 3.23. The van der Waals surface area contributed by atoms with Gasteiger partial charge in [0.1, 0.15) is 0 Å². The Kier molecular flexibility index (Phi) is 11.0. The fourth-order valence-corrected chi connectivity index (χ4v) is 3.83. The molecule has 0 spiro atoms. The first kappa shape index (κ1) is 25.0. The Hall–Kier alpha value is -1.26. The van der Waals surface area contributed by atoms with E-state index in [4.69, 9.17) is 23.9 Å². The second kappa shape index (κ2) is 13.2. The number of rotatable bonds is 9. The van der Waals surface area contributed by atoms with Crippen molar-refractivity contribution < 1.29 is 18.9 Å². The van der Waals surface area contributed by atoms with E-state index in [1.165, 1.54) is 11.1 Å². The molecule has 1 aromatic carbocycles. The summed E-state index contributed by atoms with van der Waals surface area (Å²) < 4.78 is 22.2. The molecule has 2 heterocycles. The highest BCUT2D eigenvalue weighted by atomic mass is 127. The molecule has 2 aliphatic rings. The van der Waals surface area contributed by atoms with Crippen molar-refractivity contribution in [3.8, 4) is 11.5 Å². The highest BCUT2D eigenvalue weighted by molar-refractivity contribution is 14.0. The zero-order chi connectivity index (χ0) is 20.5. The van der Waals surface area contributed by atoms with Crippen molar-refractivity contribution in [3.63, 3.8) is 0 Å². The van der Waals surface area contributed by atoms with E-state index in [-0.39, 0.29) is 24.0 Å². The van der Waals surface area contributed by atoms with Gasteiger partial charge < -0.3 is 29.2 Å². The lowest BCUT2D eigenvalue weighted by Gasteiger charge is -2.32. The number of guanidine groups is 1. The molecule has 1 unspecified atom stereocenters. The summed E-state index contributed by atoms with van der Waals surface area (Å²) in [6.07, 6.45) is 4.44. The predicted molar refractivity (Wildman–Crippen MR) is 129 cm³/mol. The van der Waals surface area contributed by atoms with E-state index in [1.807, 2.05) is 0 Å². The van der Waals surface area contributed by atoms with E-state index in [9.17, 15) is 0 Å². The zero-order valence-electron chi connectivity index (χ0n) is 18.4. The summed E-state index contributed by atoms with van der Waals surface area (Å²) in [5, 5.41) is 3.43. The molecule has 0 aromatic heterocycles. The quantitative estimate of drug-likeness (QED) is 0.228. The number of hydrogen-bond acceptors (Lipinski definition) is 5. The Balaban J connectivity index is 0.00000320. The summed E-state index contributed by atoms with van der Waals surface area (Å²) in [5.74, 6) is 2.54. The van der Waals surface area contributed by atoms with Crippen LogP contribution >= 0.6 is 24.0 Å². The van der Waals surface area contributed by atoms with E-state index in [2.05, 4.69) is 29.3 Å². The molecular formula is C22H36IN3O4. The lowest BCUT2D eigenvalue weighted by atomic mass is 9.99. The van der Waals surface area contributed by atoms with Crippen molar-refractivity contribution in [2.75, 3.05) is 53.7 Å². The maximum atomic E-state index is 5.74. The van der Waals surface area contributed by atoms with Gasteiger partial charge in [-0.3, -0.25) is 4.99 Å². The fourth-order valence-electron chi connectivity index (χ4n) is 3.83. The normalized spacial score (nSPS) is 18.6. The minimum Gasteiger partial charge on any atom is -0.493 e. The molecule has 8 heteroatoms. The molecule has 0 amide bonds. The number of nitrogens with zero attached hydrogens (tertiary/aromatic N) is 2. The molecule has 2 aliphatic heterocycles. The summed E-state index contributed by atoms with van der Waals surface area (Å²) in [5.41, 5.74) is 2.58. The van der Waals surface area contributed by atoms with Crippen LogP contribution in [-0.2, 0) is 22.4 Å². The number of methoxy groups -OCH3 is 2. The topological polar surface area (TPSA) is 64.6 Å². The van der Waals surface area contributed by atoms with Gasteiger partial charge in [0.2, 0.25) is 0 Å². The maximum absolute atomic E-state index is 5.74. The third kappa shape index (κ3) is 6.88. The Morgan fingerprint density at radius 1 is 1.23 bits per heavy atom. The molecule has 30 heavy (non-hydrogen) atoms. The molecular weight excluding hydrogens is 497 g/mol. The molecule has 0 aliphatic carbocycles. The minimum atomic E-state index is 0. The van der Waals surface area contributed by atoms with Gasteiger partial charge in [-0.15, -0.1) is 24.0 Å². The van der Waals surface area contributed by atoms with Crippen LogP contribution in [0.4, 0.5) is 0 Å². The molecule has 1 saturated heterocycles. The molecule has 1 aromatic rings. The van der Waals surface area contributed by atoms with Gasteiger partial charge in [0.15, 0.2) is 17.5 Å². The molecule has 0 bridgehead atoms. The summed E-state index contributed by atoms with van der Waals surface area (Å²) in [4.78, 5) is 7.13. The summed E-state index contributed by atoms with van der Waals surface area (Å²) in [7, 11) is 3.36. The van der Waals surface area contributed by atoms with Crippen molar-refractivity contribution >= 4 is 29.9 Å². The first-order chi connectivity index (χ1) is 14.2. The molecule has 170 valence electrons. The maximum Gasteiger partial charge on any atom is 0.194 e. The molecule has 1 N–H and O–H groups in total. The summed E-state index contributed by atoms with van der Waals surface area (Å²) >= 11 is 0. The second-order valence-corrected chi connectivity index (χ2v) is 7.45. The number of ether oxygens (including phenoxy) is 4. The van der Waals surface area contributed by atoms with Crippen molar-refractivity contribution in [1.82, 2.24) is 10.2 Å². The first-order valence-electron chi connectivity index (χ1n) is 10.7. The Morgan fingerprint density at radius 3 is 2.67 bits per heavy atom. The average Bonchev–Trinajstić information content (AvgIpc) is 3.27. The smallest absolute Gasteiger partial charge is 0.194 e. The number of aliphatic imine (C=N–C) groups is 1. The number of fused-ring (bicyclic) bond motifs is 1. The van der Waals surface area contributed by atoms with Gasteiger partial charge in [0, 0.05) is 39.4 Å². The first-order valence-corrected chi connectivity index (χ1v) is 10.7. The molecule has 7 nitrogen and oxygen atoms in total. The highest BCUT2D eigenvalue weighted by Crippen LogP contribution is 2.33. The Bertz CT molecular complexity index is 681. The van der Waals surface area contributed by atoms with Crippen LogP contribution in [0.15, 0.2) is 17.1 Å². The minimum absolute atomic E-state index is 0. The van der Waals surface area contributed by atoms with Crippen LogP contribution in [0.1, 0.15) is 37.3 Å². The van der Waals surface area contributed by atoms with Crippen LogP contribution in [0.25, 0.3) is 0 Å². The Labute approximate surface area is 197 Å². The van der Waals surface area contributed by atoms with E-state index < -0.39 is 0 Å². The number of benzene rings is 1. The van der Waals surface area contributed by atoms with Crippen LogP contribution in [0.2, 0.25) is 0 Å². The largest absolute Gasteiger partial charge is 0.493 e.